The second kappa shape index (κ2) is 7.55. The normalized spacial score (nSPS) is 19.1. The number of hydrogen-bond donors (Lipinski definition) is 2. The van der Waals surface area contributed by atoms with Gasteiger partial charge in [-0.1, -0.05) is 12.1 Å². The summed E-state index contributed by atoms with van der Waals surface area (Å²) in [5.41, 5.74) is 0.824. The summed E-state index contributed by atoms with van der Waals surface area (Å²) in [7, 11) is 0. The van der Waals surface area contributed by atoms with Crippen LogP contribution in [0.2, 0.25) is 0 Å². The van der Waals surface area contributed by atoms with Gasteiger partial charge in [-0.2, -0.15) is 5.10 Å². The predicted molar refractivity (Wildman–Crippen MR) is 102 cm³/mol. The first-order valence-corrected chi connectivity index (χ1v) is 9.53. The van der Waals surface area contributed by atoms with Crippen molar-refractivity contribution in [3.8, 4) is 0 Å². The Kier molecular flexibility index (Phi) is 4.95. The number of nitrogens with one attached hydrogen (secondary N) is 2. The average Bonchev–Trinajstić information content (AvgIpc) is 3.36. The maximum Gasteiger partial charge on any atom is 0.252 e. The number of likely N-dealkylation sites (tertiary alicyclic amines) is 1. The maximum atomic E-state index is 13.1. The summed E-state index contributed by atoms with van der Waals surface area (Å²) in [5.74, 6) is -0.348. The number of carbonyl (C=O) groups is 3. The van der Waals surface area contributed by atoms with Crippen LogP contribution in [0.25, 0.3) is 0 Å². The molecule has 2 aliphatic heterocycles. The summed E-state index contributed by atoms with van der Waals surface area (Å²) in [5, 5.41) is 10.6. The molecule has 28 heavy (non-hydrogen) atoms. The molecule has 3 heterocycles. The van der Waals surface area contributed by atoms with Crippen molar-refractivity contribution in [2.75, 3.05) is 18.4 Å². The second-order valence-corrected chi connectivity index (χ2v) is 7.26. The Morgan fingerprint density at radius 3 is 2.39 bits per heavy atom. The summed E-state index contributed by atoms with van der Waals surface area (Å²) in [6, 6.07) is 9.09. The minimum atomic E-state index is -0.707. The summed E-state index contributed by atoms with van der Waals surface area (Å²) >= 11 is 0. The van der Waals surface area contributed by atoms with Crippen molar-refractivity contribution in [3.05, 3.63) is 48.3 Å². The molecule has 0 atom stereocenters. The molecule has 8 heteroatoms. The average molecular weight is 381 g/mol. The molecule has 3 amide bonds. The molecule has 0 aliphatic carbocycles. The van der Waals surface area contributed by atoms with Gasteiger partial charge < -0.3 is 10.6 Å². The van der Waals surface area contributed by atoms with Crippen LogP contribution in [-0.2, 0) is 26.5 Å². The highest BCUT2D eigenvalue weighted by molar-refractivity contribution is 6.01. The van der Waals surface area contributed by atoms with E-state index in [4.69, 9.17) is 0 Å². The molecule has 1 aromatic heterocycles. The van der Waals surface area contributed by atoms with Gasteiger partial charge in [-0.3, -0.25) is 24.0 Å². The van der Waals surface area contributed by atoms with Gasteiger partial charge in [-0.05, 0) is 49.7 Å². The Labute approximate surface area is 162 Å². The van der Waals surface area contributed by atoms with E-state index in [2.05, 4.69) is 15.7 Å². The van der Waals surface area contributed by atoms with Crippen LogP contribution >= 0.6 is 0 Å². The molecule has 2 N–H and O–H groups in total. The van der Waals surface area contributed by atoms with Gasteiger partial charge >= 0.3 is 0 Å². The molecule has 2 aromatic rings. The number of aromatic nitrogens is 2. The van der Waals surface area contributed by atoms with Gasteiger partial charge in [-0.15, -0.1) is 0 Å². The highest BCUT2D eigenvalue weighted by Crippen LogP contribution is 2.29. The van der Waals surface area contributed by atoms with Crippen molar-refractivity contribution < 1.29 is 14.4 Å². The van der Waals surface area contributed by atoms with E-state index in [-0.39, 0.29) is 37.1 Å². The lowest BCUT2D eigenvalue weighted by Crippen LogP contribution is -2.52. The maximum absolute atomic E-state index is 13.1. The first-order chi connectivity index (χ1) is 13.6. The predicted octanol–water partition coefficient (Wildman–Crippen LogP) is 1.25. The molecule has 146 valence electrons. The molecule has 8 nitrogen and oxygen atoms in total. The SMILES string of the molecule is O=C1CCC(=O)N1Cc1ccc(NC(=O)C2(n3cccn3)CCNCC2)cc1. The minimum absolute atomic E-state index is 0.0876. The van der Waals surface area contributed by atoms with E-state index >= 15 is 0 Å². The zero-order valence-electron chi connectivity index (χ0n) is 15.6. The van der Waals surface area contributed by atoms with Crippen molar-refractivity contribution in [1.82, 2.24) is 20.0 Å². The van der Waals surface area contributed by atoms with Crippen molar-refractivity contribution in [3.63, 3.8) is 0 Å². The summed E-state index contributed by atoms with van der Waals surface area (Å²) in [4.78, 5) is 37.9. The topological polar surface area (TPSA) is 96.3 Å². The lowest BCUT2D eigenvalue weighted by Gasteiger charge is -2.36. The van der Waals surface area contributed by atoms with Crippen LogP contribution in [0, 0.1) is 0 Å². The molecule has 2 aliphatic rings. The van der Waals surface area contributed by atoms with Gasteiger partial charge in [0, 0.05) is 30.9 Å². The quantitative estimate of drug-likeness (QED) is 0.760. The molecular formula is C20H23N5O3. The second-order valence-electron chi connectivity index (χ2n) is 7.26. The molecule has 0 unspecified atom stereocenters. The third-order valence-corrected chi connectivity index (χ3v) is 5.50. The summed E-state index contributed by atoms with van der Waals surface area (Å²) < 4.78 is 1.75. The highest BCUT2D eigenvalue weighted by atomic mass is 16.2. The molecule has 0 radical (unpaired) electrons. The van der Waals surface area contributed by atoms with Crippen molar-refractivity contribution >= 4 is 23.4 Å². The molecule has 4 rings (SSSR count). The first kappa shape index (κ1) is 18.4. The molecule has 0 saturated carbocycles. The van der Waals surface area contributed by atoms with E-state index in [1.165, 1.54) is 4.90 Å². The van der Waals surface area contributed by atoms with Crippen LogP contribution < -0.4 is 10.6 Å². The molecule has 1 aromatic carbocycles. The van der Waals surface area contributed by atoms with Gasteiger partial charge in [-0.25, -0.2) is 0 Å². The zero-order chi connectivity index (χ0) is 19.6. The van der Waals surface area contributed by atoms with Gasteiger partial charge in [0.05, 0.1) is 6.54 Å². The first-order valence-electron chi connectivity index (χ1n) is 9.53. The number of amides is 3. The standard InChI is InChI=1S/C20H23N5O3/c26-17-6-7-18(27)24(17)14-15-2-4-16(5-3-15)23-19(28)20(8-11-21-12-9-20)25-13-1-10-22-25/h1-5,10,13,21H,6-9,11-12,14H2,(H,23,28). The van der Waals surface area contributed by atoms with Crippen LogP contribution in [0.1, 0.15) is 31.2 Å². The van der Waals surface area contributed by atoms with Gasteiger partial charge in [0.2, 0.25) is 11.8 Å². The van der Waals surface area contributed by atoms with Gasteiger partial charge in [0.25, 0.3) is 5.91 Å². The number of hydrogen-bond acceptors (Lipinski definition) is 5. The van der Waals surface area contributed by atoms with Gasteiger partial charge in [0.15, 0.2) is 0 Å². The fraction of sp³-hybridized carbons (Fsp3) is 0.400. The molecular weight excluding hydrogens is 358 g/mol. The molecule has 2 saturated heterocycles. The zero-order valence-corrected chi connectivity index (χ0v) is 15.6. The van der Waals surface area contributed by atoms with E-state index in [0.717, 1.165) is 18.7 Å². The van der Waals surface area contributed by atoms with Crippen molar-refractivity contribution in [2.45, 2.75) is 37.8 Å². The number of benzene rings is 1. The monoisotopic (exact) mass is 381 g/mol. The Morgan fingerprint density at radius 1 is 1.11 bits per heavy atom. The van der Waals surface area contributed by atoms with E-state index in [1.54, 1.807) is 23.0 Å². The number of carbonyl (C=O) groups excluding carboxylic acids is 3. The smallest absolute Gasteiger partial charge is 0.252 e. The third-order valence-electron chi connectivity index (χ3n) is 5.50. The lowest BCUT2D eigenvalue weighted by molar-refractivity contribution is -0.139. The number of piperidine rings is 1. The molecule has 0 spiro atoms. The van der Waals surface area contributed by atoms with Crippen LogP contribution in [0.5, 0.6) is 0 Å². The third kappa shape index (κ3) is 3.43. The Morgan fingerprint density at radius 2 is 1.79 bits per heavy atom. The largest absolute Gasteiger partial charge is 0.324 e. The van der Waals surface area contributed by atoms with Crippen molar-refractivity contribution in [2.24, 2.45) is 0 Å². The summed E-state index contributed by atoms with van der Waals surface area (Å²) in [6.45, 7) is 1.78. The van der Waals surface area contributed by atoms with Crippen LogP contribution in [0.15, 0.2) is 42.7 Å². The number of imide groups is 1. The van der Waals surface area contributed by atoms with E-state index < -0.39 is 5.54 Å². The van der Waals surface area contributed by atoms with E-state index in [9.17, 15) is 14.4 Å². The van der Waals surface area contributed by atoms with E-state index in [0.29, 0.717) is 18.5 Å². The van der Waals surface area contributed by atoms with E-state index in [1.807, 2.05) is 24.4 Å². The van der Waals surface area contributed by atoms with Crippen molar-refractivity contribution in [1.29, 1.82) is 0 Å². The highest BCUT2D eigenvalue weighted by Gasteiger charge is 2.42. The number of anilines is 1. The molecule has 2 fully saturated rings. The Bertz CT molecular complexity index is 854. The Hall–Kier alpha value is -3.00. The Balaban J connectivity index is 1.47. The fourth-order valence-electron chi connectivity index (χ4n) is 3.85. The van der Waals surface area contributed by atoms with Crippen LogP contribution in [0.3, 0.4) is 0 Å². The lowest BCUT2D eigenvalue weighted by atomic mass is 9.87. The molecule has 0 bridgehead atoms. The van der Waals surface area contributed by atoms with Gasteiger partial charge in [0.1, 0.15) is 5.54 Å². The number of rotatable bonds is 5. The minimum Gasteiger partial charge on any atom is -0.324 e. The fourth-order valence-corrected chi connectivity index (χ4v) is 3.85. The van der Waals surface area contributed by atoms with Crippen LogP contribution in [0.4, 0.5) is 5.69 Å². The summed E-state index contributed by atoms with van der Waals surface area (Å²) in [6.07, 6.45) is 5.43. The van der Waals surface area contributed by atoms with Crippen LogP contribution in [-0.4, -0.2) is 45.5 Å². The number of nitrogens with zero attached hydrogens (tertiary/aromatic N) is 3.